The fourth-order valence-electron chi connectivity index (χ4n) is 2.07. The molecule has 0 atom stereocenters. The number of rotatable bonds is 1. The van der Waals surface area contributed by atoms with E-state index in [0.717, 1.165) is 12.5 Å². The van der Waals surface area contributed by atoms with Gasteiger partial charge in [-0.1, -0.05) is 6.07 Å². The van der Waals surface area contributed by atoms with Crippen molar-refractivity contribution in [1.82, 2.24) is 0 Å². The van der Waals surface area contributed by atoms with Crippen LogP contribution >= 0.6 is 0 Å². The highest BCUT2D eigenvalue weighted by atomic mass is 19.1. The van der Waals surface area contributed by atoms with Crippen LogP contribution in [0.1, 0.15) is 6.42 Å². The summed E-state index contributed by atoms with van der Waals surface area (Å²) < 4.78 is 24.9. The Morgan fingerprint density at radius 2 is 1.74 bits per heavy atom. The molecular formula is C15H13FO3. The van der Waals surface area contributed by atoms with Crippen LogP contribution in [-0.2, 0) is 0 Å². The quantitative estimate of drug-likeness (QED) is 0.854. The highest BCUT2D eigenvalue weighted by Crippen LogP contribution is 2.35. The predicted molar refractivity (Wildman–Crippen MR) is 69.1 cm³/mol. The predicted octanol–water partition coefficient (Wildman–Crippen LogP) is 3.36. The van der Waals surface area contributed by atoms with E-state index < -0.39 is 5.82 Å². The number of aromatic hydroxyl groups is 1. The summed E-state index contributed by atoms with van der Waals surface area (Å²) in [7, 11) is 0. The van der Waals surface area contributed by atoms with Crippen molar-refractivity contribution in [2.24, 2.45) is 0 Å². The third-order valence-corrected chi connectivity index (χ3v) is 3.01. The molecule has 2 aromatic rings. The molecule has 1 aliphatic rings. The topological polar surface area (TPSA) is 38.7 Å². The Kier molecular flexibility index (Phi) is 2.99. The lowest BCUT2D eigenvalue weighted by Gasteiger charge is -2.10. The second kappa shape index (κ2) is 4.80. The highest BCUT2D eigenvalue weighted by Gasteiger charge is 2.13. The lowest BCUT2D eigenvalue weighted by Crippen LogP contribution is -1.97. The van der Waals surface area contributed by atoms with Crippen molar-refractivity contribution in [2.75, 3.05) is 13.2 Å². The third kappa shape index (κ3) is 2.34. The van der Waals surface area contributed by atoms with Crippen LogP contribution in [0.3, 0.4) is 0 Å². The van der Waals surface area contributed by atoms with Crippen molar-refractivity contribution in [3.8, 4) is 28.4 Å². The van der Waals surface area contributed by atoms with Gasteiger partial charge in [0.2, 0.25) is 0 Å². The molecule has 0 radical (unpaired) electrons. The van der Waals surface area contributed by atoms with Gasteiger partial charge in [0.05, 0.1) is 13.2 Å². The summed E-state index contributed by atoms with van der Waals surface area (Å²) >= 11 is 0. The molecule has 3 nitrogen and oxygen atoms in total. The Hall–Kier alpha value is -2.23. The molecule has 1 aliphatic heterocycles. The van der Waals surface area contributed by atoms with Crippen LogP contribution in [0.15, 0.2) is 36.4 Å². The first-order valence-electron chi connectivity index (χ1n) is 6.12. The largest absolute Gasteiger partial charge is 0.508 e. The Morgan fingerprint density at radius 3 is 2.53 bits per heavy atom. The zero-order chi connectivity index (χ0) is 13.2. The molecule has 19 heavy (non-hydrogen) atoms. The molecule has 4 heteroatoms. The van der Waals surface area contributed by atoms with Crippen LogP contribution in [0.5, 0.6) is 17.2 Å². The summed E-state index contributed by atoms with van der Waals surface area (Å²) in [6, 6.07) is 9.42. The van der Waals surface area contributed by atoms with E-state index in [1.54, 1.807) is 24.3 Å². The molecule has 0 saturated carbocycles. The average Bonchev–Trinajstić information content (AvgIpc) is 2.63. The number of phenolic OH excluding ortho intramolecular Hbond substituents is 1. The molecule has 0 aromatic heterocycles. The fraction of sp³-hybridized carbons (Fsp3) is 0.200. The maximum atomic E-state index is 13.8. The van der Waals surface area contributed by atoms with Crippen molar-refractivity contribution >= 4 is 0 Å². The van der Waals surface area contributed by atoms with E-state index >= 15 is 0 Å². The lowest BCUT2D eigenvalue weighted by atomic mass is 10.0. The van der Waals surface area contributed by atoms with E-state index in [1.807, 2.05) is 0 Å². The van der Waals surface area contributed by atoms with E-state index in [2.05, 4.69) is 0 Å². The third-order valence-electron chi connectivity index (χ3n) is 3.01. The molecule has 0 aliphatic carbocycles. The zero-order valence-corrected chi connectivity index (χ0v) is 10.2. The van der Waals surface area contributed by atoms with E-state index in [9.17, 15) is 9.50 Å². The van der Waals surface area contributed by atoms with Gasteiger partial charge in [0.15, 0.2) is 11.5 Å². The van der Waals surface area contributed by atoms with Crippen LogP contribution in [0.25, 0.3) is 11.1 Å². The molecule has 2 aromatic carbocycles. The van der Waals surface area contributed by atoms with Crippen molar-refractivity contribution in [3.05, 3.63) is 42.2 Å². The number of ether oxygens (including phenoxy) is 2. The maximum Gasteiger partial charge on any atom is 0.161 e. The summed E-state index contributed by atoms with van der Waals surface area (Å²) in [6.45, 7) is 1.22. The number of phenols is 1. The van der Waals surface area contributed by atoms with Crippen LogP contribution in [0.4, 0.5) is 4.39 Å². The molecule has 0 amide bonds. The van der Waals surface area contributed by atoms with Crippen LogP contribution in [0.2, 0.25) is 0 Å². The molecule has 98 valence electrons. The van der Waals surface area contributed by atoms with E-state index in [0.29, 0.717) is 35.8 Å². The molecular weight excluding hydrogens is 247 g/mol. The molecule has 1 N–H and O–H groups in total. The molecule has 0 unspecified atom stereocenters. The van der Waals surface area contributed by atoms with Gasteiger partial charge in [-0.05, 0) is 29.8 Å². The van der Waals surface area contributed by atoms with Gasteiger partial charge in [-0.3, -0.25) is 0 Å². The van der Waals surface area contributed by atoms with Gasteiger partial charge >= 0.3 is 0 Å². The standard InChI is InChI=1S/C15H13FO3/c16-13-9-11(17)3-4-12(13)10-2-5-14-15(8-10)19-7-1-6-18-14/h2-5,8-9,17H,1,6-7H2. The van der Waals surface area contributed by atoms with E-state index in [-0.39, 0.29) is 5.75 Å². The van der Waals surface area contributed by atoms with Gasteiger partial charge in [0, 0.05) is 18.1 Å². The highest BCUT2D eigenvalue weighted by molar-refractivity contribution is 5.68. The van der Waals surface area contributed by atoms with Crippen molar-refractivity contribution in [1.29, 1.82) is 0 Å². The summed E-state index contributed by atoms with van der Waals surface area (Å²) in [5.41, 5.74) is 1.12. The fourth-order valence-corrected chi connectivity index (χ4v) is 2.07. The van der Waals surface area contributed by atoms with Crippen LogP contribution < -0.4 is 9.47 Å². The Balaban J connectivity index is 2.03. The van der Waals surface area contributed by atoms with Crippen molar-refractivity contribution in [2.45, 2.75) is 6.42 Å². The van der Waals surface area contributed by atoms with E-state index in [4.69, 9.17) is 9.47 Å². The van der Waals surface area contributed by atoms with Gasteiger partial charge < -0.3 is 14.6 Å². The van der Waals surface area contributed by atoms with Crippen LogP contribution in [0, 0.1) is 5.82 Å². The summed E-state index contributed by atoms with van der Waals surface area (Å²) in [5.74, 6) is 0.757. The molecule has 1 heterocycles. The van der Waals surface area contributed by atoms with Gasteiger partial charge in [-0.25, -0.2) is 4.39 Å². The first-order chi connectivity index (χ1) is 9.24. The maximum absolute atomic E-state index is 13.8. The Bertz CT molecular complexity index is 610. The smallest absolute Gasteiger partial charge is 0.161 e. The second-order valence-corrected chi connectivity index (χ2v) is 4.38. The number of benzene rings is 2. The van der Waals surface area contributed by atoms with E-state index in [1.165, 1.54) is 6.07 Å². The second-order valence-electron chi connectivity index (χ2n) is 4.38. The average molecular weight is 260 g/mol. The summed E-state index contributed by atoms with van der Waals surface area (Å²) in [6.07, 6.45) is 0.831. The molecule has 0 bridgehead atoms. The van der Waals surface area contributed by atoms with Crippen molar-refractivity contribution < 1.29 is 19.0 Å². The lowest BCUT2D eigenvalue weighted by molar-refractivity contribution is 0.297. The summed E-state index contributed by atoms with van der Waals surface area (Å²) in [5, 5.41) is 9.23. The number of hydrogen-bond acceptors (Lipinski definition) is 3. The van der Waals surface area contributed by atoms with Gasteiger partial charge in [-0.15, -0.1) is 0 Å². The number of fused-ring (bicyclic) bond motifs is 1. The minimum absolute atomic E-state index is 0.0874. The van der Waals surface area contributed by atoms with Gasteiger partial charge in [0.1, 0.15) is 11.6 Å². The SMILES string of the molecule is Oc1ccc(-c2ccc3c(c2)OCCCO3)c(F)c1. The zero-order valence-electron chi connectivity index (χ0n) is 10.2. The van der Waals surface area contributed by atoms with Gasteiger partial charge in [0.25, 0.3) is 0 Å². The summed E-state index contributed by atoms with van der Waals surface area (Å²) in [4.78, 5) is 0. The number of halogens is 1. The van der Waals surface area contributed by atoms with Crippen molar-refractivity contribution in [3.63, 3.8) is 0 Å². The van der Waals surface area contributed by atoms with Gasteiger partial charge in [-0.2, -0.15) is 0 Å². The monoisotopic (exact) mass is 260 g/mol. The number of hydrogen-bond donors (Lipinski definition) is 1. The normalized spacial score (nSPS) is 13.9. The molecule has 0 fully saturated rings. The Labute approximate surface area is 110 Å². The minimum atomic E-state index is -0.463. The Morgan fingerprint density at radius 1 is 0.947 bits per heavy atom. The molecule has 0 saturated heterocycles. The first kappa shape index (κ1) is 11.8. The van der Waals surface area contributed by atoms with Crippen LogP contribution in [-0.4, -0.2) is 18.3 Å². The molecule has 0 spiro atoms. The minimum Gasteiger partial charge on any atom is -0.508 e. The molecule has 3 rings (SSSR count). The first-order valence-corrected chi connectivity index (χ1v) is 6.12.